The van der Waals surface area contributed by atoms with E-state index in [9.17, 15) is 4.79 Å². The van der Waals surface area contributed by atoms with Crippen LogP contribution in [0.2, 0.25) is 0 Å². The number of rotatable bonds is 6. The number of carboxylic acid groups (broad SMARTS) is 1. The topological polar surface area (TPSA) is 94.0 Å². The van der Waals surface area contributed by atoms with Gasteiger partial charge in [0.1, 0.15) is 0 Å². The summed E-state index contributed by atoms with van der Waals surface area (Å²) in [6, 6.07) is 0. The van der Waals surface area contributed by atoms with Crippen molar-refractivity contribution in [1.29, 1.82) is 0 Å². The van der Waals surface area contributed by atoms with Gasteiger partial charge >= 0.3 is 5.97 Å². The van der Waals surface area contributed by atoms with Crippen molar-refractivity contribution < 1.29 is 9.90 Å². The molecule has 0 radical (unpaired) electrons. The molecule has 0 aliphatic heterocycles. The molecule has 0 saturated carbocycles. The molecule has 0 amide bonds. The van der Waals surface area contributed by atoms with Crippen molar-refractivity contribution in [3.05, 3.63) is 11.9 Å². The Balaban J connectivity index is 2.30. The van der Waals surface area contributed by atoms with Crippen LogP contribution in [-0.4, -0.2) is 43.1 Å². The van der Waals surface area contributed by atoms with E-state index in [1.165, 1.54) is 10.9 Å². The number of nitrogens with zero attached hydrogens (tertiary/aromatic N) is 3. The van der Waals surface area contributed by atoms with Gasteiger partial charge in [0.2, 0.25) is 0 Å². The lowest BCUT2D eigenvalue weighted by atomic mass is 10.1. The molecule has 0 saturated heterocycles. The number of carbonyl (C=O) groups is 1. The van der Waals surface area contributed by atoms with Gasteiger partial charge in [-0.3, -0.25) is 4.68 Å². The van der Waals surface area contributed by atoms with Crippen molar-refractivity contribution in [3.8, 4) is 0 Å². The van der Waals surface area contributed by atoms with E-state index in [1.807, 2.05) is 13.8 Å². The highest BCUT2D eigenvalue weighted by Crippen LogP contribution is 2.09. The minimum Gasteiger partial charge on any atom is -0.476 e. The Kier molecular flexibility index (Phi) is 4.31. The molecule has 90 valence electrons. The predicted molar refractivity (Wildman–Crippen MR) is 62.6 cm³/mol. The molecule has 1 aromatic heterocycles. The van der Waals surface area contributed by atoms with E-state index < -0.39 is 5.97 Å². The summed E-state index contributed by atoms with van der Waals surface area (Å²) in [5, 5.41) is 15.9. The molecule has 0 unspecified atom stereocenters. The van der Waals surface area contributed by atoms with Crippen LogP contribution in [0.25, 0.3) is 0 Å². The molecule has 0 aromatic carbocycles. The number of nitrogens with two attached hydrogens (primary N) is 1. The van der Waals surface area contributed by atoms with Crippen LogP contribution >= 0.6 is 11.8 Å². The molecule has 16 heavy (non-hydrogen) atoms. The Hall–Kier alpha value is -1.08. The highest BCUT2D eigenvalue weighted by Gasteiger charge is 2.11. The van der Waals surface area contributed by atoms with Crippen LogP contribution in [0.15, 0.2) is 6.20 Å². The van der Waals surface area contributed by atoms with Crippen LogP contribution in [-0.2, 0) is 6.54 Å². The molecule has 1 aromatic rings. The number of aromatic carboxylic acids is 1. The first-order valence-corrected chi connectivity index (χ1v) is 6.04. The maximum absolute atomic E-state index is 10.5. The lowest BCUT2D eigenvalue weighted by Gasteiger charge is -2.17. The highest BCUT2D eigenvalue weighted by molar-refractivity contribution is 7.99. The smallest absolute Gasteiger partial charge is 0.358 e. The van der Waals surface area contributed by atoms with E-state index in [0.717, 1.165) is 11.5 Å². The third-order valence-corrected chi connectivity index (χ3v) is 3.12. The first-order chi connectivity index (χ1) is 7.38. The third-order valence-electron chi connectivity index (χ3n) is 1.70. The Labute approximate surface area is 98.2 Å². The minimum atomic E-state index is -1.05. The van der Waals surface area contributed by atoms with Crippen LogP contribution in [0.3, 0.4) is 0 Å². The monoisotopic (exact) mass is 244 g/mol. The zero-order valence-electron chi connectivity index (χ0n) is 9.38. The van der Waals surface area contributed by atoms with Gasteiger partial charge in [0, 0.05) is 17.0 Å². The summed E-state index contributed by atoms with van der Waals surface area (Å²) in [6.45, 7) is 4.58. The molecular formula is C9H16N4O2S. The van der Waals surface area contributed by atoms with Crippen molar-refractivity contribution >= 4 is 17.7 Å². The number of aryl methyl sites for hydroxylation is 1. The molecule has 1 rings (SSSR count). The summed E-state index contributed by atoms with van der Waals surface area (Å²) in [5.41, 5.74) is 5.62. The molecule has 0 fully saturated rings. The van der Waals surface area contributed by atoms with Crippen LogP contribution in [0, 0.1) is 0 Å². The zero-order chi connectivity index (χ0) is 12.2. The van der Waals surface area contributed by atoms with Crippen molar-refractivity contribution in [1.82, 2.24) is 15.0 Å². The summed E-state index contributed by atoms with van der Waals surface area (Å²) in [6.07, 6.45) is 1.43. The molecule has 0 atom stereocenters. The summed E-state index contributed by atoms with van der Waals surface area (Å²) >= 11 is 1.71. The predicted octanol–water partition coefficient (Wildman–Crippen LogP) is 0.447. The van der Waals surface area contributed by atoms with E-state index in [1.54, 1.807) is 11.8 Å². The molecular weight excluding hydrogens is 228 g/mol. The minimum absolute atomic E-state index is 0.0239. The van der Waals surface area contributed by atoms with Crippen LogP contribution in [0.1, 0.15) is 24.3 Å². The largest absolute Gasteiger partial charge is 0.476 e. The first kappa shape index (κ1) is 13.0. The molecule has 7 heteroatoms. The normalized spacial score (nSPS) is 11.7. The number of hydrogen-bond donors (Lipinski definition) is 2. The van der Waals surface area contributed by atoms with Crippen molar-refractivity contribution in [2.75, 3.05) is 11.5 Å². The Morgan fingerprint density at radius 3 is 2.88 bits per heavy atom. The van der Waals surface area contributed by atoms with Gasteiger partial charge in [0.05, 0.1) is 12.7 Å². The van der Waals surface area contributed by atoms with Crippen molar-refractivity contribution in [2.24, 2.45) is 5.73 Å². The van der Waals surface area contributed by atoms with Gasteiger partial charge in [-0.15, -0.1) is 5.10 Å². The van der Waals surface area contributed by atoms with Crippen LogP contribution in [0.4, 0.5) is 0 Å². The second-order valence-corrected chi connectivity index (χ2v) is 5.32. The van der Waals surface area contributed by atoms with Crippen molar-refractivity contribution in [2.45, 2.75) is 25.9 Å². The fraction of sp³-hybridized carbons (Fsp3) is 0.667. The highest BCUT2D eigenvalue weighted by atomic mass is 32.2. The van der Waals surface area contributed by atoms with Crippen LogP contribution < -0.4 is 5.73 Å². The van der Waals surface area contributed by atoms with E-state index >= 15 is 0 Å². The van der Waals surface area contributed by atoms with Gasteiger partial charge in [-0.2, -0.15) is 11.8 Å². The van der Waals surface area contributed by atoms with Crippen molar-refractivity contribution in [3.63, 3.8) is 0 Å². The lowest BCUT2D eigenvalue weighted by molar-refractivity contribution is 0.0690. The molecule has 6 nitrogen and oxygen atoms in total. The van der Waals surface area contributed by atoms with Gasteiger partial charge in [0.15, 0.2) is 5.69 Å². The van der Waals surface area contributed by atoms with Crippen LogP contribution in [0.5, 0.6) is 0 Å². The summed E-state index contributed by atoms with van der Waals surface area (Å²) < 4.78 is 1.53. The third kappa shape index (κ3) is 4.63. The number of carboxylic acids is 1. The van der Waals surface area contributed by atoms with Gasteiger partial charge in [0.25, 0.3) is 0 Å². The molecule has 0 aliphatic rings. The fourth-order valence-corrected chi connectivity index (χ4v) is 1.99. The van der Waals surface area contributed by atoms with Gasteiger partial charge in [-0.1, -0.05) is 5.21 Å². The lowest BCUT2D eigenvalue weighted by Crippen LogP contribution is -2.34. The first-order valence-electron chi connectivity index (χ1n) is 4.88. The summed E-state index contributed by atoms with van der Waals surface area (Å²) in [5.74, 6) is 0.637. The Bertz CT molecular complexity index is 359. The zero-order valence-corrected chi connectivity index (χ0v) is 10.2. The maximum Gasteiger partial charge on any atom is 0.358 e. The molecule has 3 N–H and O–H groups in total. The average Bonchev–Trinajstić information content (AvgIpc) is 2.59. The van der Waals surface area contributed by atoms with E-state index in [2.05, 4.69) is 10.3 Å². The van der Waals surface area contributed by atoms with Gasteiger partial charge in [-0.05, 0) is 13.8 Å². The number of hydrogen-bond acceptors (Lipinski definition) is 5. The molecule has 0 bridgehead atoms. The second kappa shape index (κ2) is 5.31. The molecule has 0 spiro atoms. The SMILES string of the molecule is CC(C)(N)CSCCn1cc(C(=O)O)nn1. The number of thioether (sulfide) groups is 1. The Morgan fingerprint density at radius 1 is 1.69 bits per heavy atom. The molecule has 1 heterocycles. The Morgan fingerprint density at radius 2 is 2.38 bits per heavy atom. The fourth-order valence-electron chi connectivity index (χ4n) is 0.999. The standard InChI is InChI=1S/C9H16N4O2S/c1-9(2,10)6-16-4-3-13-5-7(8(14)15)11-12-13/h5H,3-4,6,10H2,1-2H3,(H,14,15). The number of aromatic nitrogens is 3. The quantitative estimate of drug-likeness (QED) is 0.705. The second-order valence-electron chi connectivity index (χ2n) is 4.21. The van der Waals surface area contributed by atoms with Gasteiger partial charge in [-0.25, -0.2) is 4.79 Å². The maximum atomic E-state index is 10.5. The van der Waals surface area contributed by atoms with Gasteiger partial charge < -0.3 is 10.8 Å². The van der Waals surface area contributed by atoms with E-state index in [0.29, 0.717) is 6.54 Å². The molecule has 0 aliphatic carbocycles. The van der Waals surface area contributed by atoms with E-state index in [4.69, 9.17) is 10.8 Å². The average molecular weight is 244 g/mol. The van der Waals surface area contributed by atoms with E-state index in [-0.39, 0.29) is 11.2 Å². The summed E-state index contributed by atoms with van der Waals surface area (Å²) in [4.78, 5) is 10.5. The summed E-state index contributed by atoms with van der Waals surface area (Å²) in [7, 11) is 0.